The minimum atomic E-state index is -0.104. The second-order valence-corrected chi connectivity index (χ2v) is 7.07. The van der Waals surface area contributed by atoms with Gasteiger partial charge in [0, 0.05) is 5.56 Å². The van der Waals surface area contributed by atoms with Gasteiger partial charge in [-0.05, 0) is 41.6 Å². The van der Waals surface area contributed by atoms with Crippen LogP contribution in [0.4, 0.5) is 0 Å². The van der Waals surface area contributed by atoms with Crippen molar-refractivity contribution in [1.29, 1.82) is 0 Å². The van der Waals surface area contributed by atoms with Crippen LogP contribution in [0.2, 0.25) is 0 Å². The summed E-state index contributed by atoms with van der Waals surface area (Å²) in [5, 5.41) is 9.17. The van der Waals surface area contributed by atoms with Crippen LogP contribution in [0.3, 0.4) is 0 Å². The van der Waals surface area contributed by atoms with E-state index < -0.39 is 0 Å². The first-order chi connectivity index (χ1) is 13.2. The van der Waals surface area contributed by atoms with Crippen LogP contribution in [0.25, 0.3) is 16.8 Å². The largest absolute Gasteiger partial charge is 0.345 e. The van der Waals surface area contributed by atoms with E-state index in [1.807, 2.05) is 73.0 Å². The van der Waals surface area contributed by atoms with E-state index in [1.165, 1.54) is 17.7 Å². The lowest BCUT2D eigenvalue weighted by molar-refractivity contribution is 0.0944. The lowest BCUT2D eigenvalue weighted by Crippen LogP contribution is -2.26. The first kappa shape index (κ1) is 17.2. The Balaban J connectivity index is 1.50. The number of carbonyl (C=O) groups excluding carboxylic acids is 1. The summed E-state index contributed by atoms with van der Waals surface area (Å²) in [5.74, 6) is -0.0586. The van der Waals surface area contributed by atoms with Crippen LogP contribution in [0, 0.1) is 0 Å². The van der Waals surface area contributed by atoms with Crippen molar-refractivity contribution in [3.05, 3.63) is 89.1 Å². The molecule has 0 spiro atoms. The maximum Gasteiger partial charge on any atom is 0.262 e. The topological polar surface area (TPSA) is 59.8 Å². The highest BCUT2D eigenvalue weighted by atomic mass is 32.1. The summed E-state index contributed by atoms with van der Waals surface area (Å²) in [7, 11) is 0. The molecule has 5 nitrogen and oxygen atoms in total. The Hall–Kier alpha value is -3.25. The third kappa shape index (κ3) is 3.66. The highest BCUT2D eigenvalue weighted by Gasteiger charge is 2.17. The molecule has 134 valence electrons. The van der Waals surface area contributed by atoms with E-state index >= 15 is 0 Å². The number of amides is 1. The Labute approximate surface area is 161 Å². The van der Waals surface area contributed by atoms with Crippen molar-refractivity contribution in [2.24, 2.45) is 0 Å². The normalized spacial score (nSPS) is 11.9. The Bertz CT molecular complexity index is 1020. The van der Waals surface area contributed by atoms with E-state index in [0.29, 0.717) is 0 Å². The number of nitrogens with zero attached hydrogens (tertiary/aromatic N) is 3. The number of thiophene rings is 1. The average Bonchev–Trinajstić information content (AvgIpc) is 3.41. The molecule has 27 heavy (non-hydrogen) atoms. The number of aromatic nitrogens is 3. The van der Waals surface area contributed by atoms with Crippen molar-refractivity contribution < 1.29 is 4.79 Å². The maximum atomic E-state index is 12.8. The van der Waals surface area contributed by atoms with Gasteiger partial charge < -0.3 is 5.32 Å². The number of nitrogens with one attached hydrogen (secondary N) is 1. The third-order valence-corrected chi connectivity index (χ3v) is 5.29. The summed E-state index contributed by atoms with van der Waals surface area (Å²) in [6, 6.07) is 19.8. The smallest absolute Gasteiger partial charge is 0.262 e. The van der Waals surface area contributed by atoms with Gasteiger partial charge in [-0.15, -0.1) is 11.3 Å². The molecule has 0 radical (unpaired) electrons. The summed E-state index contributed by atoms with van der Waals surface area (Å²) >= 11 is 1.46. The van der Waals surface area contributed by atoms with Crippen molar-refractivity contribution >= 4 is 17.2 Å². The van der Waals surface area contributed by atoms with Crippen LogP contribution in [0.5, 0.6) is 0 Å². The fourth-order valence-corrected chi connectivity index (χ4v) is 3.75. The van der Waals surface area contributed by atoms with Crippen LogP contribution >= 0.6 is 11.3 Å². The summed E-state index contributed by atoms with van der Waals surface area (Å²) in [6.45, 7) is 1.98. The maximum absolute atomic E-state index is 12.8. The van der Waals surface area contributed by atoms with Gasteiger partial charge in [-0.3, -0.25) is 4.79 Å². The lowest BCUT2D eigenvalue weighted by Gasteiger charge is -2.15. The summed E-state index contributed by atoms with van der Waals surface area (Å²) in [4.78, 5) is 17.5. The monoisotopic (exact) mass is 374 g/mol. The van der Waals surface area contributed by atoms with E-state index in [4.69, 9.17) is 0 Å². The molecular formula is C21H18N4OS. The molecule has 6 heteroatoms. The van der Waals surface area contributed by atoms with Gasteiger partial charge >= 0.3 is 0 Å². The van der Waals surface area contributed by atoms with E-state index in [2.05, 4.69) is 15.4 Å². The van der Waals surface area contributed by atoms with Gasteiger partial charge in [0.2, 0.25) is 0 Å². The molecule has 0 fully saturated rings. The van der Waals surface area contributed by atoms with Gasteiger partial charge in [-0.1, -0.05) is 42.5 Å². The molecule has 1 unspecified atom stereocenters. The zero-order chi connectivity index (χ0) is 18.6. The minimum Gasteiger partial charge on any atom is -0.345 e. The highest BCUT2D eigenvalue weighted by Crippen LogP contribution is 2.28. The molecule has 0 aliphatic heterocycles. The number of hydrogen-bond acceptors (Lipinski definition) is 4. The van der Waals surface area contributed by atoms with Crippen LogP contribution < -0.4 is 5.32 Å². The summed E-state index contributed by atoms with van der Waals surface area (Å²) in [5.41, 5.74) is 3.98. The van der Waals surface area contributed by atoms with Crippen molar-refractivity contribution in [2.45, 2.75) is 13.0 Å². The van der Waals surface area contributed by atoms with Crippen LogP contribution in [-0.4, -0.2) is 20.7 Å². The second-order valence-electron chi connectivity index (χ2n) is 6.16. The van der Waals surface area contributed by atoms with E-state index in [0.717, 1.165) is 27.3 Å². The van der Waals surface area contributed by atoms with Gasteiger partial charge in [0.25, 0.3) is 5.91 Å². The van der Waals surface area contributed by atoms with Crippen LogP contribution in [0.1, 0.15) is 28.2 Å². The van der Waals surface area contributed by atoms with Gasteiger partial charge in [-0.25, -0.2) is 9.67 Å². The molecular weight excluding hydrogens is 356 g/mol. The molecule has 4 aromatic rings. The molecule has 4 rings (SSSR count). The third-order valence-electron chi connectivity index (χ3n) is 4.38. The standard InChI is InChI=1S/C21H18N4OS/c1-15(16-7-9-18(10-8-16)25-14-22-13-23-25)24-21(26)20-19(11-12-27-20)17-5-3-2-4-6-17/h2-15H,1H3,(H,24,26). The van der Waals surface area contributed by atoms with Crippen molar-refractivity contribution in [1.82, 2.24) is 20.1 Å². The SMILES string of the molecule is CC(NC(=O)c1sccc1-c1ccccc1)c1ccc(-n2cncn2)cc1. The predicted octanol–water partition coefficient (Wildman–Crippen LogP) is 4.49. The van der Waals surface area contributed by atoms with Crippen molar-refractivity contribution in [3.63, 3.8) is 0 Å². The number of rotatable bonds is 5. The van der Waals surface area contributed by atoms with Crippen molar-refractivity contribution in [2.75, 3.05) is 0 Å². The fraction of sp³-hybridized carbons (Fsp3) is 0.0952. The zero-order valence-corrected chi connectivity index (χ0v) is 15.6. The predicted molar refractivity (Wildman–Crippen MR) is 107 cm³/mol. The zero-order valence-electron chi connectivity index (χ0n) is 14.7. The molecule has 1 atom stereocenters. The van der Waals surface area contributed by atoms with Crippen molar-refractivity contribution in [3.8, 4) is 16.8 Å². The number of hydrogen-bond donors (Lipinski definition) is 1. The molecule has 0 aliphatic rings. The van der Waals surface area contributed by atoms with Crippen LogP contribution in [0.15, 0.2) is 78.7 Å². The van der Waals surface area contributed by atoms with Gasteiger partial charge in [0.05, 0.1) is 16.6 Å². The second kappa shape index (κ2) is 7.55. The molecule has 2 heterocycles. The molecule has 0 bridgehead atoms. The Kier molecular flexibility index (Phi) is 4.80. The molecule has 2 aromatic carbocycles. The average molecular weight is 374 g/mol. The fourth-order valence-electron chi connectivity index (χ4n) is 2.93. The Morgan fingerprint density at radius 3 is 2.56 bits per heavy atom. The molecule has 1 N–H and O–H groups in total. The molecule has 0 saturated carbocycles. The van der Waals surface area contributed by atoms with E-state index in [9.17, 15) is 4.79 Å². The first-order valence-electron chi connectivity index (χ1n) is 8.61. The Morgan fingerprint density at radius 2 is 1.85 bits per heavy atom. The number of carbonyl (C=O) groups is 1. The minimum absolute atomic E-state index is 0.0586. The van der Waals surface area contributed by atoms with Gasteiger partial charge in [0.15, 0.2) is 0 Å². The van der Waals surface area contributed by atoms with Gasteiger partial charge in [0.1, 0.15) is 12.7 Å². The molecule has 0 aliphatic carbocycles. The number of benzene rings is 2. The summed E-state index contributed by atoms with van der Waals surface area (Å²) in [6.07, 6.45) is 3.16. The molecule has 0 saturated heterocycles. The first-order valence-corrected chi connectivity index (χ1v) is 9.49. The van der Waals surface area contributed by atoms with Crippen LogP contribution in [-0.2, 0) is 0 Å². The highest BCUT2D eigenvalue weighted by molar-refractivity contribution is 7.12. The summed E-state index contributed by atoms with van der Waals surface area (Å²) < 4.78 is 1.70. The lowest BCUT2D eigenvalue weighted by atomic mass is 10.1. The molecule has 2 aromatic heterocycles. The van der Waals surface area contributed by atoms with Gasteiger partial charge in [-0.2, -0.15) is 5.10 Å². The quantitative estimate of drug-likeness (QED) is 0.560. The molecule has 1 amide bonds. The van der Waals surface area contributed by atoms with E-state index in [1.54, 1.807) is 11.0 Å². The Morgan fingerprint density at radius 1 is 1.07 bits per heavy atom. The van der Waals surface area contributed by atoms with E-state index in [-0.39, 0.29) is 11.9 Å².